The highest BCUT2D eigenvalue weighted by molar-refractivity contribution is 9.10. The highest BCUT2D eigenvalue weighted by atomic mass is 79.9. The molecule has 0 saturated carbocycles. The molecule has 0 amide bonds. The van der Waals surface area contributed by atoms with Gasteiger partial charge in [-0.15, -0.1) is 0 Å². The number of nitrogens with zero attached hydrogens (tertiary/aromatic N) is 2. The van der Waals surface area contributed by atoms with Crippen LogP contribution in [0.25, 0.3) is 11.0 Å². The lowest BCUT2D eigenvalue weighted by atomic mass is 10.0. The fraction of sp³-hybridized carbons (Fsp3) is 0.417. The number of pyridine rings is 1. The molecule has 0 unspecified atom stereocenters. The predicted octanol–water partition coefficient (Wildman–Crippen LogP) is 2.20. The van der Waals surface area contributed by atoms with Gasteiger partial charge in [0.25, 0.3) is 0 Å². The Kier molecular flexibility index (Phi) is 2.99. The number of halogens is 2. The van der Waals surface area contributed by atoms with Crippen molar-refractivity contribution in [1.82, 2.24) is 9.97 Å². The number of piperidine rings is 1. The number of hydrogen-bond acceptors (Lipinski definition) is 3. The summed E-state index contributed by atoms with van der Waals surface area (Å²) >= 11 is 3.52. The summed E-state index contributed by atoms with van der Waals surface area (Å²) in [6, 6.07) is 1.56. The smallest absolute Gasteiger partial charge is 0.139 e. The number of rotatable bonds is 1. The lowest BCUT2D eigenvalue weighted by molar-refractivity contribution is 0.244. The molecule has 1 fully saturated rings. The Morgan fingerprint density at radius 1 is 1.56 bits per heavy atom. The second-order valence-corrected chi connectivity index (χ2v) is 5.46. The Morgan fingerprint density at radius 2 is 2.39 bits per heavy atom. The Morgan fingerprint density at radius 3 is 3.17 bits per heavy atom. The van der Waals surface area contributed by atoms with Gasteiger partial charge < -0.3 is 15.6 Å². The van der Waals surface area contributed by atoms with Gasteiger partial charge in [-0.1, -0.05) is 0 Å². The minimum absolute atomic E-state index is 0.423. The largest absolute Gasteiger partial charge is 0.368 e. The first kappa shape index (κ1) is 11.9. The van der Waals surface area contributed by atoms with Crippen molar-refractivity contribution in [3.63, 3.8) is 0 Å². The van der Waals surface area contributed by atoms with E-state index in [1.54, 1.807) is 6.20 Å². The van der Waals surface area contributed by atoms with E-state index in [4.69, 9.17) is 5.73 Å². The summed E-state index contributed by atoms with van der Waals surface area (Å²) in [5.41, 5.74) is 7.70. The third-order valence-corrected chi connectivity index (χ3v) is 3.98. The highest BCUT2D eigenvalue weighted by Crippen LogP contribution is 2.34. The molecule has 1 aliphatic heterocycles. The molecule has 4 nitrogen and oxygen atoms in total. The molecule has 6 heteroatoms. The number of aromatic nitrogens is 2. The molecule has 0 aliphatic carbocycles. The molecule has 18 heavy (non-hydrogen) atoms. The van der Waals surface area contributed by atoms with Gasteiger partial charge in [0.05, 0.1) is 16.2 Å². The van der Waals surface area contributed by atoms with E-state index in [0.29, 0.717) is 19.5 Å². The molecule has 0 spiro atoms. The number of alkyl halides is 1. The van der Waals surface area contributed by atoms with E-state index in [1.807, 2.05) is 12.3 Å². The minimum Gasteiger partial charge on any atom is -0.368 e. The van der Waals surface area contributed by atoms with Gasteiger partial charge in [-0.3, -0.25) is 0 Å². The Labute approximate surface area is 112 Å². The first-order valence-electron chi connectivity index (χ1n) is 5.93. The lowest BCUT2D eigenvalue weighted by Gasteiger charge is -2.35. The van der Waals surface area contributed by atoms with Crippen LogP contribution in [-0.4, -0.2) is 35.3 Å². The van der Waals surface area contributed by atoms with Crippen LogP contribution in [0.1, 0.15) is 6.42 Å². The van der Waals surface area contributed by atoms with Crippen LogP contribution in [0.5, 0.6) is 0 Å². The van der Waals surface area contributed by atoms with Crippen molar-refractivity contribution in [2.24, 2.45) is 5.73 Å². The average Bonchev–Trinajstić information content (AvgIpc) is 2.81. The van der Waals surface area contributed by atoms with Gasteiger partial charge in [0.1, 0.15) is 11.8 Å². The molecule has 1 saturated heterocycles. The zero-order valence-electron chi connectivity index (χ0n) is 9.74. The molecule has 96 valence electrons. The van der Waals surface area contributed by atoms with E-state index in [-0.39, 0.29) is 0 Å². The summed E-state index contributed by atoms with van der Waals surface area (Å²) in [4.78, 5) is 9.51. The fourth-order valence-corrected chi connectivity index (χ4v) is 3.01. The van der Waals surface area contributed by atoms with Gasteiger partial charge in [0.15, 0.2) is 0 Å². The summed E-state index contributed by atoms with van der Waals surface area (Å²) in [6.07, 6.45) is 3.20. The molecular formula is C12H14BrFN4. The second-order valence-electron chi connectivity index (χ2n) is 4.61. The first-order valence-corrected chi connectivity index (χ1v) is 6.72. The third-order valence-electron chi connectivity index (χ3n) is 3.40. The molecule has 3 rings (SSSR count). The summed E-state index contributed by atoms with van der Waals surface area (Å²) in [5.74, 6) is 0. The molecular weight excluding hydrogens is 299 g/mol. The van der Waals surface area contributed by atoms with Crippen molar-refractivity contribution < 1.29 is 4.39 Å². The fourth-order valence-electron chi connectivity index (χ4n) is 2.45. The number of fused-ring (bicyclic) bond motifs is 1. The minimum atomic E-state index is -0.899. The summed E-state index contributed by atoms with van der Waals surface area (Å²) in [5, 5.41) is 1.04. The van der Waals surface area contributed by atoms with Crippen LogP contribution in [0, 0.1) is 0 Å². The zero-order valence-corrected chi connectivity index (χ0v) is 11.3. The van der Waals surface area contributed by atoms with Gasteiger partial charge in [-0.2, -0.15) is 0 Å². The zero-order chi connectivity index (χ0) is 12.7. The Hall–Kier alpha value is -1.14. The molecule has 2 aromatic heterocycles. The number of hydrogen-bond donors (Lipinski definition) is 2. The average molecular weight is 313 g/mol. The normalized spacial score (nSPS) is 24.7. The van der Waals surface area contributed by atoms with Gasteiger partial charge in [0.2, 0.25) is 0 Å². The maximum atomic E-state index is 13.4. The number of H-pyrrole nitrogens is 1. The van der Waals surface area contributed by atoms with Crippen LogP contribution in [0.3, 0.4) is 0 Å². The molecule has 0 aromatic carbocycles. The molecule has 2 aromatic rings. The van der Waals surface area contributed by atoms with Crippen molar-refractivity contribution in [1.29, 1.82) is 0 Å². The van der Waals surface area contributed by atoms with Gasteiger partial charge >= 0.3 is 0 Å². The maximum Gasteiger partial charge on any atom is 0.139 e. The number of aromatic amines is 1. The number of nitrogens with two attached hydrogens (primary N) is 1. The monoisotopic (exact) mass is 312 g/mol. The predicted molar refractivity (Wildman–Crippen MR) is 73.5 cm³/mol. The Balaban J connectivity index is 2.03. The van der Waals surface area contributed by atoms with E-state index in [2.05, 4.69) is 30.8 Å². The van der Waals surface area contributed by atoms with Crippen molar-refractivity contribution in [2.75, 3.05) is 18.0 Å². The Bertz CT molecular complexity index is 570. The number of nitrogens with one attached hydrogen (secondary N) is 1. The molecule has 1 aliphatic rings. The van der Waals surface area contributed by atoms with E-state index < -0.39 is 12.2 Å². The maximum absolute atomic E-state index is 13.4. The van der Waals surface area contributed by atoms with Crippen molar-refractivity contribution in [2.45, 2.75) is 18.6 Å². The van der Waals surface area contributed by atoms with Crippen LogP contribution in [-0.2, 0) is 0 Å². The lowest BCUT2D eigenvalue weighted by Crippen LogP contribution is -2.49. The third kappa shape index (κ3) is 1.89. The highest BCUT2D eigenvalue weighted by Gasteiger charge is 2.28. The van der Waals surface area contributed by atoms with Gasteiger partial charge in [-0.25, -0.2) is 9.37 Å². The van der Waals surface area contributed by atoms with E-state index in [1.165, 1.54) is 0 Å². The van der Waals surface area contributed by atoms with Crippen molar-refractivity contribution in [3.8, 4) is 0 Å². The van der Waals surface area contributed by atoms with E-state index >= 15 is 0 Å². The summed E-state index contributed by atoms with van der Waals surface area (Å²) < 4.78 is 14.4. The van der Waals surface area contributed by atoms with Crippen LogP contribution in [0.15, 0.2) is 22.9 Å². The SMILES string of the molecule is N[C@@H]1CN(c2c(Br)cnc3[nH]ccc23)CC[C@@H]1F. The molecule has 0 radical (unpaired) electrons. The quantitative estimate of drug-likeness (QED) is 0.848. The standard InChI is InChI=1S/C12H14BrFN4/c13-8-5-17-12-7(1-3-16-12)11(8)18-4-2-9(14)10(15)6-18/h1,3,5,9-10H,2,4,6,15H2,(H,16,17)/t9-,10+/m0/s1. The molecule has 2 atom stereocenters. The first-order chi connectivity index (χ1) is 8.66. The summed E-state index contributed by atoms with van der Waals surface area (Å²) in [6.45, 7) is 1.21. The second kappa shape index (κ2) is 4.51. The van der Waals surface area contributed by atoms with Crippen LogP contribution >= 0.6 is 15.9 Å². The van der Waals surface area contributed by atoms with Crippen molar-refractivity contribution >= 4 is 32.7 Å². The van der Waals surface area contributed by atoms with E-state index in [0.717, 1.165) is 21.2 Å². The van der Waals surface area contributed by atoms with Crippen LogP contribution in [0.4, 0.5) is 10.1 Å². The van der Waals surface area contributed by atoms with Crippen molar-refractivity contribution in [3.05, 3.63) is 22.9 Å². The summed E-state index contributed by atoms with van der Waals surface area (Å²) in [7, 11) is 0. The number of anilines is 1. The van der Waals surface area contributed by atoms with Gasteiger partial charge in [-0.05, 0) is 28.4 Å². The van der Waals surface area contributed by atoms with Gasteiger partial charge in [0, 0.05) is 30.9 Å². The van der Waals surface area contributed by atoms with Crippen LogP contribution in [0.2, 0.25) is 0 Å². The van der Waals surface area contributed by atoms with Crippen LogP contribution < -0.4 is 10.6 Å². The van der Waals surface area contributed by atoms with E-state index in [9.17, 15) is 4.39 Å². The topological polar surface area (TPSA) is 57.9 Å². The molecule has 3 N–H and O–H groups in total. The molecule has 3 heterocycles. The molecule has 0 bridgehead atoms.